The molecule has 2 aromatic rings. The molecule has 24 heavy (non-hydrogen) atoms. The van der Waals surface area contributed by atoms with Crippen molar-refractivity contribution in [1.29, 1.82) is 0 Å². The molecule has 0 aliphatic carbocycles. The molecule has 1 amide bonds. The Bertz CT molecular complexity index is 695. The maximum absolute atomic E-state index is 12.1. The predicted molar refractivity (Wildman–Crippen MR) is 89.2 cm³/mol. The van der Waals surface area contributed by atoms with Gasteiger partial charge in [0.15, 0.2) is 0 Å². The van der Waals surface area contributed by atoms with E-state index in [1.54, 1.807) is 18.6 Å². The summed E-state index contributed by atoms with van der Waals surface area (Å²) in [5.41, 5.74) is 2.57. The van der Waals surface area contributed by atoms with E-state index in [9.17, 15) is 4.79 Å². The molecule has 1 aliphatic rings. The normalized spacial score (nSPS) is 17.7. The summed E-state index contributed by atoms with van der Waals surface area (Å²) >= 11 is 0. The minimum absolute atomic E-state index is 0.00348. The van der Waals surface area contributed by atoms with E-state index >= 15 is 0 Å². The van der Waals surface area contributed by atoms with Crippen LogP contribution >= 0.6 is 0 Å². The number of hydrogen-bond donors (Lipinski definition) is 0. The van der Waals surface area contributed by atoms with E-state index in [0.29, 0.717) is 0 Å². The van der Waals surface area contributed by atoms with E-state index in [1.165, 1.54) is 7.11 Å². The highest BCUT2D eigenvalue weighted by Crippen LogP contribution is 2.31. The van der Waals surface area contributed by atoms with Gasteiger partial charge in [0.2, 0.25) is 5.91 Å². The molecular weight excluding hydrogens is 306 g/mol. The summed E-state index contributed by atoms with van der Waals surface area (Å²) in [5, 5.41) is 4.33. The number of carbonyl (C=O) groups excluding carboxylic acids is 1. The second kappa shape index (κ2) is 7.09. The van der Waals surface area contributed by atoms with E-state index in [-0.39, 0.29) is 24.6 Å². The van der Waals surface area contributed by atoms with Crippen molar-refractivity contribution in [2.75, 3.05) is 20.3 Å². The van der Waals surface area contributed by atoms with Gasteiger partial charge in [0, 0.05) is 25.9 Å². The highest BCUT2D eigenvalue weighted by Gasteiger charge is 2.31. The van der Waals surface area contributed by atoms with Crippen molar-refractivity contribution in [3.8, 4) is 11.4 Å². The van der Waals surface area contributed by atoms with Crippen molar-refractivity contribution in [3.63, 3.8) is 0 Å². The van der Waals surface area contributed by atoms with Crippen LogP contribution in [-0.2, 0) is 9.53 Å². The van der Waals surface area contributed by atoms with Crippen LogP contribution in [0.15, 0.2) is 24.7 Å². The maximum atomic E-state index is 12.1. The molecule has 1 fully saturated rings. The smallest absolute Gasteiger partial charge is 0.249 e. The number of methoxy groups -OCH3 is 1. The summed E-state index contributed by atoms with van der Waals surface area (Å²) in [4.78, 5) is 23.1. The van der Waals surface area contributed by atoms with Gasteiger partial charge in [0.1, 0.15) is 12.3 Å². The van der Waals surface area contributed by atoms with Crippen molar-refractivity contribution >= 4 is 5.91 Å². The summed E-state index contributed by atoms with van der Waals surface area (Å²) in [6.45, 7) is 5.01. The third-order valence-corrected chi connectivity index (χ3v) is 4.28. The summed E-state index contributed by atoms with van der Waals surface area (Å²) < 4.78 is 6.89. The van der Waals surface area contributed by atoms with Crippen molar-refractivity contribution in [1.82, 2.24) is 24.6 Å². The molecule has 3 heterocycles. The molecular formula is C17H23N5O2. The van der Waals surface area contributed by atoms with Crippen LogP contribution < -0.4 is 0 Å². The van der Waals surface area contributed by atoms with Crippen LogP contribution in [0.2, 0.25) is 0 Å². The van der Waals surface area contributed by atoms with Crippen molar-refractivity contribution in [3.05, 3.63) is 30.4 Å². The second-order valence-corrected chi connectivity index (χ2v) is 6.26. The molecule has 1 saturated heterocycles. The van der Waals surface area contributed by atoms with E-state index in [4.69, 9.17) is 4.74 Å². The quantitative estimate of drug-likeness (QED) is 0.841. The topological polar surface area (TPSA) is 73.1 Å². The Morgan fingerprint density at radius 1 is 1.38 bits per heavy atom. The zero-order valence-electron chi connectivity index (χ0n) is 14.3. The van der Waals surface area contributed by atoms with Crippen molar-refractivity contribution in [2.45, 2.75) is 38.8 Å². The first-order valence-electron chi connectivity index (χ1n) is 8.26. The van der Waals surface area contributed by atoms with Gasteiger partial charge >= 0.3 is 0 Å². The van der Waals surface area contributed by atoms with Crippen molar-refractivity contribution in [2.24, 2.45) is 0 Å². The van der Waals surface area contributed by atoms with Gasteiger partial charge < -0.3 is 9.64 Å². The lowest BCUT2D eigenvalue weighted by atomic mass is 10.1. The van der Waals surface area contributed by atoms with Gasteiger partial charge in [-0.15, -0.1) is 0 Å². The Balaban J connectivity index is 1.81. The molecule has 1 atom stereocenters. The van der Waals surface area contributed by atoms with Gasteiger partial charge in [0.25, 0.3) is 0 Å². The number of ether oxygens (including phenoxy) is 1. The predicted octanol–water partition coefficient (Wildman–Crippen LogP) is 2.23. The average molecular weight is 329 g/mol. The fourth-order valence-electron chi connectivity index (χ4n) is 3.15. The fourth-order valence-corrected chi connectivity index (χ4v) is 3.15. The molecule has 0 radical (unpaired) electrons. The minimum atomic E-state index is -0.00999. The molecule has 128 valence electrons. The van der Waals surface area contributed by atoms with Gasteiger partial charge in [-0.2, -0.15) is 5.10 Å². The van der Waals surface area contributed by atoms with E-state index in [2.05, 4.69) is 28.9 Å². The minimum Gasteiger partial charge on any atom is -0.375 e. The summed E-state index contributed by atoms with van der Waals surface area (Å²) in [5.74, 6) is 0.00348. The average Bonchev–Trinajstić information content (AvgIpc) is 3.24. The number of rotatable bonds is 5. The lowest BCUT2D eigenvalue weighted by molar-refractivity contribution is -0.136. The monoisotopic (exact) mass is 329 g/mol. The van der Waals surface area contributed by atoms with Gasteiger partial charge in [-0.1, -0.05) is 0 Å². The largest absolute Gasteiger partial charge is 0.375 e. The van der Waals surface area contributed by atoms with E-state index in [1.807, 2.05) is 15.6 Å². The van der Waals surface area contributed by atoms with Crippen LogP contribution in [0.4, 0.5) is 0 Å². The van der Waals surface area contributed by atoms with Crippen LogP contribution in [0.25, 0.3) is 11.4 Å². The van der Waals surface area contributed by atoms with E-state index < -0.39 is 0 Å². The Kier molecular flexibility index (Phi) is 4.89. The molecule has 0 bridgehead atoms. The number of amides is 1. The highest BCUT2D eigenvalue weighted by atomic mass is 16.5. The molecule has 0 saturated carbocycles. The third kappa shape index (κ3) is 3.17. The molecule has 2 aromatic heterocycles. The number of likely N-dealkylation sites (tertiary alicyclic amines) is 1. The molecule has 1 aliphatic heterocycles. The van der Waals surface area contributed by atoms with Crippen LogP contribution in [0, 0.1) is 0 Å². The maximum Gasteiger partial charge on any atom is 0.249 e. The Morgan fingerprint density at radius 3 is 2.88 bits per heavy atom. The number of aromatic nitrogens is 4. The lowest BCUT2D eigenvalue weighted by Crippen LogP contribution is -2.33. The Labute approximate surface area is 141 Å². The first-order valence-corrected chi connectivity index (χ1v) is 8.26. The molecule has 7 nitrogen and oxygen atoms in total. The molecule has 0 N–H and O–H groups in total. The second-order valence-electron chi connectivity index (χ2n) is 6.26. The van der Waals surface area contributed by atoms with Gasteiger partial charge in [-0.3, -0.25) is 19.4 Å². The first-order chi connectivity index (χ1) is 11.6. The number of carbonyl (C=O) groups is 1. The SMILES string of the molecule is COCC(=O)N1CCC[C@@H]1c1cnc(-c2ccnn2C(C)C)cn1. The molecule has 0 spiro atoms. The third-order valence-electron chi connectivity index (χ3n) is 4.28. The summed E-state index contributed by atoms with van der Waals surface area (Å²) in [6.07, 6.45) is 7.20. The first kappa shape index (κ1) is 16.6. The van der Waals surface area contributed by atoms with Gasteiger partial charge in [0.05, 0.1) is 29.8 Å². The molecule has 0 unspecified atom stereocenters. The van der Waals surface area contributed by atoms with Gasteiger partial charge in [-0.05, 0) is 32.8 Å². The van der Waals surface area contributed by atoms with Crippen molar-refractivity contribution < 1.29 is 9.53 Å². The van der Waals surface area contributed by atoms with Gasteiger partial charge in [-0.25, -0.2) is 0 Å². The van der Waals surface area contributed by atoms with Crippen LogP contribution in [0.3, 0.4) is 0 Å². The summed E-state index contributed by atoms with van der Waals surface area (Å²) in [6, 6.07) is 2.19. The molecule has 7 heteroatoms. The van der Waals surface area contributed by atoms with Crippen LogP contribution in [0.5, 0.6) is 0 Å². The number of hydrogen-bond acceptors (Lipinski definition) is 5. The molecule has 0 aromatic carbocycles. The fraction of sp³-hybridized carbons (Fsp3) is 0.529. The zero-order valence-corrected chi connectivity index (χ0v) is 14.3. The van der Waals surface area contributed by atoms with Crippen LogP contribution in [-0.4, -0.2) is 50.8 Å². The Morgan fingerprint density at radius 2 is 2.21 bits per heavy atom. The highest BCUT2D eigenvalue weighted by molar-refractivity contribution is 5.78. The molecule has 3 rings (SSSR count). The standard InChI is InChI=1S/C17H23N5O2/c1-12(2)22-16(6-7-20-22)14-10-18-13(9-19-14)15-5-4-8-21(15)17(23)11-24-3/h6-7,9-10,12,15H,4-5,8,11H2,1-3H3/t15-/m1/s1. The van der Waals surface area contributed by atoms with E-state index in [0.717, 1.165) is 36.5 Å². The lowest BCUT2D eigenvalue weighted by Gasteiger charge is -2.23. The van der Waals surface area contributed by atoms with Crippen LogP contribution in [0.1, 0.15) is 44.5 Å². The summed E-state index contributed by atoms with van der Waals surface area (Å²) in [7, 11) is 1.54. The zero-order chi connectivity index (χ0) is 17.1. The Hall–Kier alpha value is -2.28. The number of nitrogens with zero attached hydrogens (tertiary/aromatic N) is 5.